The summed E-state index contributed by atoms with van der Waals surface area (Å²) in [5, 5.41) is 11.7. The molecule has 0 amide bonds. The number of hydrogen-bond acceptors (Lipinski definition) is 3. The summed E-state index contributed by atoms with van der Waals surface area (Å²) >= 11 is 0. The van der Waals surface area contributed by atoms with Crippen LogP contribution in [0.15, 0.2) is 0 Å². The van der Waals surface area contributed by atoms with Gasteiger partial charge in [-0.05, 0) is 0 Å². The highest BCUT2D eigenvalue weighted by atomic mass is 16.5. The Kier molecular flexibility index (Phi) is 4.23. The molecule has 0 spiro atoms. The van der Waals surface area contributed by atoms with Gasteiger partial charge in [0.1, 0.15) is 0 Å². The molecule has 0 radical (unpaired) electrons. The highest BCUT2D eigenvalue weighted by Gasteiger charge is 1.98. The van der Waals surface area contributed by atoms with Gasteiger partial charge >= 0.3 is 5.97 Å². The number of methoxy groups -OCH3 is 1. The first-order valence-electron chi connectivity index (χ1n) is 2.43. The van der Waals surface area contributed by atoms with Crippen LogP contribution in [0.2, 0.25) is 0 Å². The van der Waals surface area contributed by atoms with Crippen molar-refractivity contribution in [2.45, 2.75) is 12.8 Å². The third-order valence-corrected chi connectivity index (χ3v) is 0.733. The van der Waals surface area contributed by atoms with E-state index >= 15 is 0 Å². The smallest absolute Gasteiger partial charge is 0.306 e. The SMILES string of the molecule is COC(=O)CCC#[N+][O-]. The van der Waals surface area contributed by atoms with Gasteiger partial charge in [-0.15, -0.1) is 0 Å². The predicted molar refractivity (Wildman–Crippen MR) is 31.9 cm³/mol. The molecule has 0 aliphatic rings. The molecule has 9 heavy (non-hydrogen) atoms. The topological polar surface area (TPSA) is 53.7 Å². The summed E-state index contributed by atoms with van der Waals surface area (Å²) in [6.07, 6.45) is 0.401. The van der Waals surface area contributed by atoms with E-state index in [-0.39, 0.29) is 18.8 Å². The monoisotopic (exact) mass is 129 g/mol. The number of ether oxygens (including phenoxy) is 1. The lowest BCUT2D eigenvalue weighted by Crippen LogP contribution is -1.97. The Morgan fingerprint density at radius 3 is 3.00 bits per heavy atom. The number of hydrogen-bond donors (Lipinski definition) is 0. The fourth-order valence-corrected chi connectivity index (χ4v) is 0.306. The first-order valence-corrected chi connectivity index (χ1v) is 2.43. The number of rotatable bonds is 2. The highest BCUT2D eigenvalue weighted by molar-refractivity contribution is 5.69. The van der Waals surface area contributed by atoms with Crippen LogP contribution < -0.4 is 0 Å². The van der Waals surface area contributed by atoms with Crippen molar-refractivity contribution in [1.29, 1.82) is 0 Å². The predicted octanol–water partition coefficient (Wildman–Crippen LogP) is 0.770. The minimum absolute atomic E-state index is 0.169. The van der Waals surface area contributed by atoms with Gasteiger partial charge in [0.05, 0.1) is 20.0 Å². The molecular weight excluding hydrogens is 122 g/mol. The summed E-state index contributed by atoms with van der Waals surface area (Å²) in [5.74, 6) is -0.355. The maximum atomic E-state index is 10.3. The van der Waals surface area contributed by atoms with Gasteiger partial charge in [-0.3, -0.25) is 4.79 Å². The van der Waals surface area contributed by atoms with Crippen LogP contribution in [0.1, 0.15) is 12.8 Å². The molecule has 0 aromatic carbocycles. The summed E-state index contributed by atoms with van der Waals surface area (Å²) in [5.41, 5.74) is 0. The molecule has 0 fully saturated rings. The van der Waals surface area contributed by atoms with Crippen molar-refractivity contribution in [2.24, 2.45) is 0 Å². The van der Waals surface area contributed by atoms with Crippen LogP contribution in [0, 0.1) is 11.3 Å². The fourth-order valence-electron chi connectivity index (χ4n) is 0.306. The summed E-state index contributed by atoms with van der Waals surface area (Å²) in [4.78, 5) is 10.3. The van der Waals surface area contributed by atoms with Crippen molar-refractivity contribution in [3.05, 3.63) is 10.2 Å². The number of carbonyl (C=O) groups is 1. The molecule has 0 aliphatic heterocycles. The Bertz CT molecular complexity index is 144. The summed E-state index contributed by atoms with van der Waals surface area (Å²) in [6, 6.07) is 2.08. The zero-order valence-corrected chi connectivity index (χ0v) is 5.09. The van der Waals surface area contributed by atoms with Crippen LogP contribution in [0.4, 0.5) is 0 Å². The summed E-state index contributed by atoms with van der Waals surface area (Å²) in [7, 11) is 1.29. The molecule has 0 aliphatic carbocycles. The Morgan fingerprint density at radius 1 is 1.89 bits per heavy atom. The average Bonchev–Trinajstić information content (AvgIpc) is 1.89. The van der Waals surface area contributed by atoms with E-state index in [1.807, 2.05) is 0 Å². The second-order valence-corrected chi connectivity index (χ2v) is 1.33. The van der Waals surface area contributed by atoms with Crippen LogP contribution in [-0.2, 0) is 9.53 Å². The molecule has 0 saturated heterocycles. The van der Waals surface area contributed by atoms with Crippen LogP contribution in [0.3, 0.4) is 0 Å². The Hall–Kier alpha value is -1.24. The molecule has 4 nitrogen and oxygen atoms in total. The van der Waals surface area contributed by atoms with Gasteiger partial charge in [0.15, 0.2) is 0 Å². The summed E-state index contributed by atoms with van der Waals surface area (Å²) < 4.78 is 4.27. The van der Waals surface area contributed by atoms with Crippen molar-refractivity contribution in [3.8, 4) is 6.07 Å². The Balaban J connectivity index is 3.24. The van der Waals surface area contributed by atoms with Crippen LogP contribution in [0.25, 0.3) is 5.01 Å². The van der Waals surface area contributed by atoms with Crippen molar-refractivity contribution < 1.29 is 9.53 Å². The number of carbonyl (C=O) groups excluding carboxylic acids is 1. The maximum Gasteiger partial charge on any atom is 0.306 e. The Labute approximate surface area is 52.8 Å². The quantitative estimate of drug-likeness (QED) is 0.408. The highest BCUT2D eigenvalue weighted by Crippen LogP contribution is 1.88. The molecule has 0 saturated carbocycles. The van der Waals surface area contributed by atoms with Gasteiger partial charge in [0.25, 0.3) is 6.07 Å². The molecule has 0 unspecified atom stereocenters. The third kappa shape index (κ3) is 4.62. The fraction of sp³-hybridized carbons (Fsp3) is 0.600. The van der Waals surface area contributed by atoms with E-state index in [4.69, 9.17) is 0 Å². The van der Waals surface area contributed by atoms with Gasteiger partial charge in [-0.1, -0.05) is 0 Å². The minimum atomic E-state index is -0.355. The van der Waals surface area contributed by atoms with E-state index in [0.717, 1.165) is 0 Å². The first-order chi connectivity index (χ1) is 4.31. The molecule has 0 N–H and O–H groups in total. The molecule has 0 aromatic rings. The van der Waals surface area contributed by atoms with Gasteiger partial charge in [0.2, 0.25) is 0 Å². The van der Waals surface area contributed by atoms with E-state index in [9.17, 15) is 10.0 Å². The molecule has 0 heterocycles. The zero-order chi connectivity index (χ0) is 7.11. The van der Waals surface area contributed by atoms with Crippen molar-refractivity contribution in [1.82, 2.24) is 0 Å². The largest absolute Gasteiger partial charge is 0.498 e. The molecule has 0 bridgehead atoms. The van der Waals surface area contributed by atoms with E-state index in [1.54, 1.807) is 0 Å². The molecular formula is C5H7NO3. The van der Waals surface area contributed by atoms with Gasteiger partial charge in [-0.25, -0.2) is 0 Å². The Morgan fingerprint density at radius 2 is 2.56 bits per heavy atom. The van der Waals surface area contributed by atoms with Gasteiger partial charge < -0.3 is 9.94 Å². The second kappa shape index (κ2) is 4.91. The number of esters is 1. The van der Waals surface area contributed by atoms with E-state index in [0.29, 0.717) is 0 Å². The van der Waals surface area contributed by atoms with Crippen LogP contribution in [0.5, 0.6) is 0 Å². The van der Waals surface area contributed by atoms with Gasteiger partial charge in [0, 0.05) is 5.01 Å². The van der Waals surface area contributed by atoms with E-state index in [1.165, 1.54) is 7.11 Å². The molecule has 50 valence electrons. The third-order valence-electron chi connectivity index (χ3n) is 0.733. The standard InChI is InChI=1S/C5H7NO3/c1-9-5(7)3-2-4-6-8/h2-3H2,1H3. The zero-order valence-electron chi connectivity index (χ0n) is 5.09. The van der Waals surface area contributed by atoms with Crippen LogP contribution >= 0.6 is 0 Å². The summed E-state index contributed by atoms with van der Waals surface area (Å²) in [6.45, 7) is 0. The molecule has 0 aromatic heterocycles. The second-order valence-electron chi connectivity index (χ2n) is 1.33. The normalized spacial score (nSPS) is 7.22. The van der Waals surface area contributed by atoms with E-state index < -0.39 is 0 Å². The van der Waals surface area contributed by atoms with Crippen molar-refractivity contribution >= 4 is 5.97 Å². The number of nitrogens with zero attached hydrogens (tertiary/aromatic N) is 1. The van der Waals surface area contributed by atoms with Crippen molar-refractivity contribution in [2.75, 3.05) is 7.11 Å². The van der Waals surface area contributed by atoms with Crippen molar-refractivity contribution in [3.63, 3.8) is 0 Å². The lowest BCUT2D eigenvalue weighted by molar-refractivity contribution is -0.140. The molecule has 0 rings (SSSR count). The van der Waals surface area contributed by atoms with E-state index in [2.05, 4.69) is 15.8 Å². The average molecular weight is 129 g/mol. The first kappa shape index (κ1) is 7.76. The maximum absolute atomic E-state index is 10.3. The lowest BCUT2D eigenvalue weighted by Gasteiger charge is -1.89. The molecule has 4 heteroatoms. The molecule has 0 atom stereocenters. The van der Waals surface area contributed by atoms with Crippen LogP contribution in [-0.4, -0.2) is 13.1 Å². The van der Waals surface area contributed by atoms with Gasteiger partial charge in [-0.2, -0.15) is 0 Å². The minimum Gasteiger partial charge on any atom is -0.498 e. The lowest BCUT2D eigenvalue weighted by atomic mass is 10.3.